The molecule has 0 saturated heterocycles. The first-order chi connectivity index (χ1) is 8.15. The van der Waals surface area contributed by atoms with Crippen molar-refractivity contribution < 1.29 is 4.79 Å². The molecule has 0 unspecified atom stereocenters. The second kappa shape index (κ2) is 7.10. The summed E-state index contributed by atoms with van der Waals surface area (Å²) in [6, 6.07) is 7.78. The highest BCUT2D eigenvalue weighted by molar-refractivity contribution is 9.10. The van der Waals surface area contributed by atoms with E-state index in [1.165, 1.54) is 0 Å². The summed E-state index contributed by atoms with van der Waals surface area (Å²) in [7, 11) is 0. The van der Waals surface area contributed by atoms with Crippen LogP contribution in [0.25, 0.3) is 0 Å². The average molecular weight is 295 g/mol. The van der Waals surface area contributed by atoms with Crippen molar-refractivity contribution in [3.63, 3.8) is 0 Å². The Balaban J connectivity index is 2.50. The highest BCUT2D eigenvalue weighted by atomic mass is 79.9. The molecular weight excluding hydrogens is 280 g/mol. The van der Waals surface area contributed by atoms with Crippen molar-refractivity contribution in [2.24, 2.45) is 0 Å². The van der Waals surface area contributed by atoms with Crippen LogP contribution in [-0.2, 0) is 4.79 Å². The zero-order chi connectivity index (χ0) is 12.7. The van der Waals surface area contributed by atoms with Crippen molar-refractivity contribution in [1.29, 1.82) is 0 Å². The molecule has 1 rings (SSSR count). The summed E-state index contributed by atoms with van der Waals surface area (Å²) in [6.07, 6.45) is 5.08. The van der Waals surface area contributed by atoms with E-state index in [-0.39, 0.29) is 18.5 Å². The third-order valence-electron chi connectivity index (χ3n) is 2.26. The molecule has 3 nitrogen and oxygen atoms in total. The molecular formula is C13H15BrN2O. The molecule has 0 aliphatic rings. The lowest BCUT2D eigenvalue weighted by atomic mass is 10.1. The van der Waals surface area contributed by atoms with Crippen LogP contribution in [0.5, 0.6) is 0 Å². The van der Waals surface area contributed by atoms with Gasteiger partial charge in [0.1, 0.15) is 0 Å². The van der Waals surface area contributed by atoms with Gasteiger partial charge in [0, 0.05) is 4.47 Å². The van der Waals surface area contributed by atoms with Gasteiger partial charge in [-0.15, -0.1) is 6.42 Å². The van der Waals surface area contributed by atoms with Crippen LogP contribution in [0.1, 0.15) is 18.5 Å². The molecule has 2 N–H and O–H groups in total. The maximum atomic E-state index is 11.6. The van der Waals surface area contributed by atoms with Gasteiger partial charge >= 0.3 is 0 Å². The summed E-state index contributed by atoms with van der Waals surface area (Å²) in [5, 5.41) is 5.74. The van der Waals surface area contributed by atoms with E-state index in [0.717, 1.165) is 10.0 Å². The van der Waals surface area contributed by atoms with Gasteiger partial charge in [0.05, 0.1) is 19.1 Å². The molecule has 0 saturated carbocycles. The molecule has 0 spiro atoms. The Bertz CT molecular complexity index is 426. The van der Waals surface area contributed by atoms with Gasteiger partial charge in [-0.25, -0.2) is 0 Å². The summed E-state index contributed by atoms with van der Waals surface area (Å²) in [4.78, 5) is 11.6. The Labute approximate surface area is 110 Å². The number of hydrogen-bond acceptors (Lipinski definition) is 2. The number of carbonyl (C=O) groups is 1. The number of halogens is 1. The van der Waals surface area contributed by atoms with E-state index >= 15 is 0 Å². The van der Waals surface area contributed by atoms with E-state index in [4.69, 9.17) is 6.42 Å². The van der Waals surface area contributed by atoms with Crippen molar-refractivity contribution in [2.75, 3.05) is 13.1 Å². The van der Waals surface area contributed by atoms with Gasteiger partial charge in [0.25, 0.3) is 0 Å². The summed E-state index contributed by atoms with van der Waals surface area (Å²) in [6.45, 7) is 2.58. The second-order valence-electron chi connectivity index (χ2n) is 3.62. The van der Waals surface area contributed by atoms with Crippen molar-refractivity contribution in [2.45, 2.75) is 13.0 Å². The van der Waals surface area contributed by atoms with Gasteiger partial charge in [-0.3, -0.25) is 10.1 Å². The summed E-state index contributed by atoms with van der Waals surface area (Å²) < 4.78 is 0.990. The van der Waals surface area contributed by atoms with Crippen LogP contribution >= 0.6 is 15.9 Å². The number of hydrogen-bond donors (Lipinski definition) is 2. The van der Waals surface area contributed by atoms with Crippen LogP contribution in [0.3, 0.4) is 0 Å². The fourth-order valence-corrected chi connectivity index (χ4v) is 2.07. The Morgan fingerprint density at radius 1 is 1.53 bits per heavy atom. The van der Waals surface area contributed by atoms with Gasteiger partial charge in [0.15, 0.2) is 0 Å². The molecule has 0 fully saturated rings. The van der Waals surface area contributed by atoms with Crippen molar-refractivity contribution >= 4 is 21.8 Å². The highest BCUT2D eigenvalue weighted by Gasteiger charge is 2.11. The van der Waals surface area contributed by atoms with Crippen LogP contribution in [0.2, 0.25) is 0 Å². The molecule has 0 aliphatic heterocycles. The van der Waals surface area contributed by atoms with Crippen molar-refractivity contribution in [1.82, 2.24) is 10.6 Å². The number of rotatable bonds is 5. The zero-order valence-electron chi connectivity index (χ0n) is 9.66. The zero-order valence-corrected chi connectivity index (χ0v) is 11.3. The predicted molar refractivity (Wildman–Crippen MR) is 72.4 cm³/mol. The normalized spacial score (nSPS) is 11.6. The molecule has 0 aliphatic carbocycles. The Kier molecular flexibility index (Phi) is 5.75. The van der Waals surface area contributed by atoms with Gasteiger partial charge < -0.3 is 5.32 Å². The molecule has 4 heteroatoms. The van der Waals surface area contributed by atoms with E-state index in [0.29, 0.717) is 6.54 Å². The minimum atomic E-state index is -0.0662. The average Bonchev–Trinajstić information content (AvgIpc) is 2.29. The molecule has 1 aromatic carbocycles. The highest BCUT2D eigenvalue weighted by Crippen LogP contribution is 2.22. The molecule has 0 radical (unpaired) electrons. The number of benzene rings is 1. The Hall–Kier alpha value is -1.31. The minimum absolute atomic E-state index is 0.0364. The Morgan fingerprint density at radius 2 is 2.24 bits per heavy atom. The first-order valence-electron chi connectivity index (χ1n) is 5.33. The molecule has 1 atom stereocenters. The summed E-state index contributed by atoms with van der Waals surface area (Å²) in [5.74, 6) is 2.35. The number of nitrogens with one attached hydrogen (secondary N) is 2. The monoisotopic (exact) mass is 294 g/mol. The fourth-order valence-electron chi connectivity index (χ4n) is 1.44. The smallest absolute Gasteiger partial charge is 0.234 e. The lowest BCUT2D eigenvalue weighted by Crippen LogP contribution is -2.35. The van der Waals surface area contributed by atoms with Crippen LogP contribution in [-0.4, -0.2) is 19.0 Å². The van der Waals surface area contributed by atoms with E-state index < -0.39 is 0 Å². The maximum absolute atomic E-state index is 11.6. The first-order valence-corrected chi connectivity index (χ1v) is 6.12. The maximum Gasteiger partial charge on any atom is 0.234 e. The standard InChI is InChI=1S/C13H15BrN2O/c1-3-8-15-9-13(17)16-10(2)11-6-4-5-7-12(11)14/h1,4-7,10,15H,8-9H2,2H3,(H,16,17)/t10-/m1/s1. The van der Waals surface area contributed by atoms with Crippen molar-refractivity contribution in [3.8, 4) is 12.3 Å². The largest absolute Gasteiger partial charge is 0.348 e. The van der Waals surface area contributed by atoms with Gasteiger partial charge in [-0.2, -0.15) is 0 Å². The number of carbonyl (C=O) groups excluding carboxylic acids is 1. The van der Waals surface area contributed by atoms with E-state index in [1.54, 1.807) is 0 Å². The second-order valence-corrected chi connectivity index (χ2v) is 4.47. The summed E-state index contributed by atoms with van der Waals surface area (Å²) >= 11 is 3.46. The SMILES string of the molecule is C#CCNCC(=O)N[C@H](C)c1ccccc1Br. The van der Waals surface area contributed by atoms with E-state index in [2.05, 4.69) is 32.5 Å². The first kappa shape index (κ1) is 13.8. The van der Waals surface area contributed by atoms with Gasteiger partial charge in [0.2, 0.25) is 5.91 Å². The third-order valence-corrected chi connectivity index (χ3v) is 2.98. The van der Waals surface area contributed by atoms with Crippen molar-refractivity contribution in [3.05, 3.63) is 34.3 Å². The van der Waals surface area contributed by atoms with Crippen LogP contribution in [0.15, 0.2) is 28.7 Å². The quantitative estimate of drug-likeness (QED) is 0.643. The van der Waals surface area contributed by atoms with Crippen LogP contribution < -0.4 is 10.6 Å². The number of amides is 1. The van der Waals surface area contributed by atoms with E-state index in [1.807, 2.05) is 31.2 Å². The molecule has 17 heavy (non-hydrogen) atoms. The van der Waals surface area contributed by atoms with E-state index in [9.17, 15) is 4.79 Å². The molecule has 0 heterocycles. The molecule has 1 amide bonds. The van der Waals surface area contributed by atoms with Gasteiger partial charge in [-0.05, 0) is 18.6 Å². The Morgan fingerprint density at radius 3 is 2.88 bits per heavy atom. The summed E-state index contributed by atoms with van der Waals surface area (Å²) in [5.41, 5.74) is 1.05. The third kappa shape index (κ3) is 4.59. The minimum Gasteiger partial charge on any atom is -0.348 e. The van der Waals surface area contributed by atoms with Crippen LogP contribution in [0, 0.1) is 12.3 Å². The van der Waals surface area contributed by atoms with Crippen LogP contribution in [0.4, 0.5) is 0 Å². The topological polar surface area (TPSA) is 41.1 Å². The molecule has 0 bridgehead atoms. The number of terminal acetylenes is 1. The molecule has 0 aromatic heterocycles. The molecule has 90 valence electrons. The lowest BCUT2D eigenvalue weighted by molar-refractivity contribution is -0.120. The van der Waals surface area contributed by atoms with Gasteiger partial charge in [-0.1, -0.05) is 40.0 Å². The molecule has 1 aromatic rings. The fraction of sp³-hybridized carbons (Fsp3) is 0.308. The lowest BCUT2D eigenvalue weighted by Gasteiger charge is -2.15. The predicted octanol–water partition coefficient (Wildman–Crippen LogP) is 1.85.